The number of carbonyl (C=O) groups excluding carboxylic acids is 1. The van der Waals surface area contributed by atoms with Gasteiger partial charge in [-0.15, -0.1) is 0 Å². The Kier molecular flexibility index (Phi) is 4.34. The molecule has 3 heterocycles. The Morgan fingerprint density at radius 2 is 1.93 bits per heavy atom. The fraction of sp³-hybridized carbons (Fsp3) is 0.0500. The van der Waals surface area contributed by atoms with Crippen molar-refractivity contribution in [3.63, 3.8) is 0 Å². The average Bonchev–Trinajstić information content (AvgIpc) is 3.50. The van der Waals surface area contributed by atoms with Gasteiger partial charge in [-0.2, -0.15) is 13.7 Å². The topological polar surface area (TPSA) is 107 Å². The van der Waals surface area contributed by atoms with Crippen LogP contribution in [0.3, 0.4) is 0 Å². The van der Waals surface area contributed by atoms with Gasteiger partial charge in [0.25, 0.3) is 5.91 Å². The highest BCUT2D eigenvalue weighted by Crippen LogP contribution is 2.22. The molecule has 0 bridgehead atoms. The maximum Gasteiger partial charge on any atom is 0.255 e. The van der Waals surface area contributed by atoms with Gasteiger partial charge in [0.2, 0.25) is 11.7 Å². The van der Waals surface area contributed by atoms with Crippen LogP contribution in [0.2, 0.25) is 0 Å². The van der Waals surface area contributed by atoms with Crippen LogP contribution < -0.4 is 5.32 Å². The highest BCUT2D eigenvalue weighted by atomic mass is 32.1. The number of para-hydroxylation sites is 1. The van der Waals surface area contributed by atoms with Crippen LogP contribution in [-0.2, 0) is 6.42 Å². The summed E-state index contributed by atoms with van der Waals surface area (Å²) in [5.74, 6) is 1.12. The summed E-state index contributed by atoms with van der Waals surface area (Å²) in [4.78, 5) is 17.1. The van der Waals surface area contributed by atoms with Gasteiger partial charge in [0.15, 0.2) is 5.76 Å². The van der Waals surface area contributed by atoms with Crippen molar-refractivity contribution in [2.45, 2.75) is 6.42 Å². The predicted molar refractivity (Wildman–Crippen MR) is 107 cm³/mol. The van der Waals surface area contributed by atoms with Crippen LogP contribution >= 0.6 is 11.7 Å². The van der Waals surface area contributed by atoms with Crippen molar-refractivity contribution in [3.8, 4) is 11.6 Å². The van der Waals surface area contributed by atoms with Crippen LogP contribution in [0, 0.1) is 0 Å². The summed E-state index contributed by atoms with van der Waals surface area (Å²) in [6.45, 7) is 0. The summed E-state index contributed by atoms with van der Waals surface area (Å²) in [5.41, 5.74) is 3.51. The van der Waals surface area contributed by atoms with Gasteiger partial charge in [-0.05, 0) is 42.0 Å². The van der Waals surface area contributed by atoms with Crippen molar-refractivity contribution >= 4 is 34.4 Å². The molecule has 0 spiro atoms. The molecule has 2 aromatic carbocycles. The molecule has 0 unspecified atom stereocenters. The smallest absolute Gasteiger partial charge is 0.255 e. The Morgan fingerprint density at radius 1 is 1.03 bits per heavy atom. The highest BCUT2D eigenvalue weighted by Gasteiger charge is 2.15. The third-order valence-corrected chi connectivity index (χ3v) is 4.89. The van der Waals surface area contributed by atoms with E-state index in [-0.39, 0.29) is 5.91 Å². The molecule has 0 aliphatic heterocycles. The van der Waals surface area contributed by atoms with E-state index in [2.05, 4.69) is 24.2 Å². The van der Waals surface area contributed by atoms with E-state index in [4.69, 9.17) is 8.94 Å². The van der Waals surface area contributed by atoms with Crippen molar-refractivity contribution in [2.75, 3.05) is 5.32 Å². The van der Waals surface area contributed by atoms with E-state index in [1.807, 2.05) is 24.3 Å². The monoisotopic (exact) mass is 403 g/mol. The standard InChI is InChI=1S/C20H13N5O3S/c26-20(13-7-8-15-16(10-13)25-29-24-15)21-14-5-2-1-4-12(14)11-18-22-19(23-28-18)17-6-3-9-27-17/h1-10H,11H2,(H,21,26). The number of benzene rings is 2. The van der Waals surface area contributed by atoms with Gasteiger partial charge in [-0.25, -0.2) is 0 Å². The molecule has 3 aromatic heterocycles. The third kappa shape index (κ3) is 3.50. The fourth-order valence-electron chi connectivity index (χ4n) is 2.91. The second-order valence-electron chi connectivity index (χ2n) is 6.24. The Bertz CT molecular complexity index is 1290. The van der Waals surface area contributed by atoms with Gasteiger partial charge in [0.05, 0.1) is 24.4 Å². The first-order chi connectivity index (χ1) is 14.3. The van der Waals surface area contributed by atoms with Crippen LogP contribution in [0.25, 0.3) is 22.6 Å². The minimum atomic E-state index is -0.228. The first-order valence-electron chi connectivity index (χ1n) is 8.74. The number of aromatic nitrogens is 4. The normalized spacial score (nSPS) is 11.0. The zero-order chi connectivity index (χ0) is 19.6. The van der Waals surface area contributed by atoms with Gasteiger partial charge in [0.1, 0.15) is 11.0 Å². The Morgan fingerprint density at radius 3 is 2.83 bits per heavy atom. The van der Waals surface area contributed by atoms with E-state index in [0.29, 0.717) is 40.7 Å². The van der Waals surface area contributed by atoms with Gasteiger partial charge in [0, 0.05) is 11.3 Å². The number of nitrogens with one attached hydrogen (secondary N) is 1. The van der Waals surface area contributed by atoms with E-state index >= 15 is 0 Å². The van der Waals surface area contributed by atoms with E-state index in [0.717, 1.165) is 22.8 Å². The van der Waals surface area contributed by atoms with Gasteiger partial charge >= 0.3 is 0 Å². The number of nitrogens with zero attached hydrogens (tertiary/aromatic N) is 4. The van der Waals surface area contributed by atoms with Crippen LogP contribution in [0.1, 0.15) is 21.8 Å². The van der Waals surface area contributed by atoms with Crippen LogP contribution in [0.5, 0.6) is 0 Å². The Hall–Kier alpha value is -3.85. The summed E-state index contributed by atoms with van der Waals surface area (Å²) >= 11 is 1.12. The molecule has 0 aliphatic carbocycles. The molecule has 142 valence electrons. The molecule has 5 aromatic rings. The van der Waals surface area contributed by atoms with Gasteiger partial charge < -0.3 is 14.3 Å². The molecule has 0 radical (unpaired) electrons. The summed E-state index contributed by atoms with van der Waals surface area (Å²) < 4.78 is 18.9. The Balaban J connectivity index is 1.37. The quantitative estimate of drug-likeness (QED) is 0.469. The molecule has 0 fully saturated rings. The number of rotatable bonds is 5. The molecule has 0 atom stereocenters. The Labute approximate surface area is 168 Å². The largest absolute Gasteiger partial charge is 0.461 e. The fourth-order valence-corrected chi connectivity index (χ4v) is 3.43. The van der Waals surface area contributed by atoms with E-state index in [9.17, 15) is 4.79 Å². The van der Waals surface area contributed by atoms with Crippen molar-refractivity contribution in [3.05, 3.63) is 77.9 Å². The summed E-state index contributed by atoms with van der Waals surface area (Å²) in [5, 5.41) is 6.88. The number of amides is 1. The maximum atomic E-state index is 12.7. The zero-order valence-electron chi connectivity index (χ0n) is 14.9. The van der Waals surface area contributed by atoms with Gasteiger partial charge in [-0.1, -0.05) is 23.4 Å². The number of hydrogen-bond acceptors (Lipinski definition) is 8. The molecule has 1 N–H and O–H groups in total. The van der Waals surface area contributed by atoms with Crippen LogP contribution in [0.15, 0.2) is 69.8 Å². The zero-order valence-corrected chi connectivity index (χ0v) is 15.7. The third-order valence-electron chi connectivity index (χ3n) is 4.33. The van der Waals surface area contributed by atoms with Crippen molar-refractivity contribution < 1.29 is 13.7 Å². The van der Waals surface area contributed by atoms with E-state index in [1.54, 1.807) is 36.6 Å². The summed E-state index contributed by atoms with van der Waals surface area (Å²) in [6, 6.07) is 16.2. The van der Waals surface area contributed by atoms with Crippen molar-refractivity contribution in [1.82, 2.24) is 18.9 Å². The minimum Gasteiger partial charge on any atom is -0.461 e. The number of furan rings is 1. The lowest BCUT2D eigenvalue weighted by atomic mass is 10.1. The lowest BCUT2D eigenvalue weighted by molar-refractivity contribution is 0.102. The van der Waals surface area contributed by atoms with Crippen molar-refractivity contribution in [2.24, 2.45) is 0 Å². The van der Waals surface area contributed by atoms with Crippen LogP contribution in [0.4, 0.5) is 5.69 Å². The maximum absolute atomic E-state index is 12.7. The molecule has 5 rings (SSSR count). The predicted octanol–water partition coefficient (Wildman–Crippen LogP) is 4.18. The average molecular weight is 403 g/mol. The van der Waals surface area contributed by atoms with E-state index < -0.39 is 0 Å². The van der Waals surface area contributed by atoms with Crippen LogP contribution in [-0.4, -0.2) is 24.8 Å². The number of anilines is 1. The lowest BCUT2D eigenvalue weighted by Gasteiger charge is -2.09. The molecular formula is C20H13N5O3S. The number of fused-ring (bicyclic) bond motifs is 1. The SMILES string of the molecule is O=C(Nc1ccccc1Cc1nc(-c2ccco2)no1)c1ccc2nsnc2c1. The molecular weight excluding hydrogens is 390 g/mol. The van der Waals surface area contributed by atoms with Gasteiger partial charge in [-0.3, -0.25) is 4.79 Å². The summed E-state index contributed by atoms with van der Waals surface area (Å²) in [6.07, 6.45) is 1.93. The summed E-state index contributed by atoms with van der Waals surface area (Å²) in [7, 11) is 0. The van der Waals surface area contributed by atoms with E-state index in [1.165, 1.54) is 0 Å². The molecule has 8 nitrogen and oxygen atoms in total. The molecule has 1 amide bonds. The molecule has 0 aliphatic rings. The molecule has 0 saturated carbocycles. The first kappa shape index (κ1) is 17.3. The number of carbonyl (C=O) groups is 1. The molecule has 9 heteroatoms. The van der Waals surface area contributed by atoms with Crippen molar-refractivity contribution in [1.29, 1.82) is 0 Å². The lowest BCUT2D eigenvalue weighted by Crippen LogP contribution is -2.13. The highest BCUT2D eigenvalue weighted by molar-refractivity contribution is 7.00. The second-order valence-corrected chi connectivity index (χ2v) is 6.77. The second kappa shape index (κ2) is 7.28. The number of hydrogen-bond donors (Lipinski definition) is 1. The molecule has 0 saturated heterocycles. The first-order valence-corrected chi connectivity index (χ1v) is 9.47. The minimum absolute atomic E-state index is 0.228. The molecule has 29 heavy (non-hydrogen) atoms.